The van der Waals surface area contributed by atoms with Crippen LogP contribution in [0.2, 0.25) is 0 Å². The fourth-order valence-corrected chi connectivity index (χ4v) is 4.06. The van der Waals surface area contributed by atoms with Gasteiger partial charge in [0.25, 0.3) is 0 Å². The van der Waals surface area contributed by atoms with Gasteiger partial charge in [-0.15, -0.1) is 0 Å². The molecule has 0 radical (unpaired) electrons. The number of likely N-dealkylation sites (N-methyl/N-ethyl adjacent to an activating group) is 1. The van der Waals surface area contributed by atoms with Gasteiger partial charge in [-0.1, -0.05) is 46.3 Å². The number of hydrogen-bond acceptors (Lipinski definition) is 3. The molecule has 0 aromatic heterocycles. The van der Waals surface area contributed by atoms with Crippen molar-refractivity contribution in [2.24, 2.45) is 0 Å². The van der Waals surface area contributed by atoms with Gasteiger partial charge in [0.15, 0.2) is 9.84 Å². The SMILES string of the molecule is CNCC(c1ccccc1)S(=O)(=O)c1ccc(Br)cc1. The Morgan fingerprint density at radius 3 is 2.20 bits per heavy atom. The minimum Gasteiger partial charge on any atom is -0.318 e. The van der Waals surface area contributed by atoms with E-state index in [1.807, 2.05) is 30.3 Å². The average molecular weight is 354 g/mol. The lowest BCUT2D eigenvalue weighted by atomic mass is 10.1. The lowest BCUT2D eigenvalue weighted by Gasteiger charge is -2.18. The summed E-state index contributed by atoms with van der Waals surface area (Å²) < 4.78 is 26.4. The van der Waals surface area contributed by atoms with Crippen LogP contribution in [0.25, 0.3) is 0 Å². The topological polar surface area (TPSA) is 46.2 Å². The van der Waals surface area contributed by atoms with Gasteiger partial charge < -0.3 is 5.32 Å². The summed E-state index contributed by atoms with van der Waals surface area (Å²) in [4.78, 5) is 0.338. The Hall–Kier alpha value is -1.17. The predicted octanol–water partition coefficient (Wildman–Crippen LogP) is 3.18. The minimum absolute atomic E-state index is 0.338. The van der Waals surface area contributed by atoms with Crippen LogP contribution in [0.15, 0.2) is 64.0 Å². The van der Waals surface area contributed by atoms with Crippen LogP contribution in [-0.2, 0) is 9.84 Å². The van der Waals surface area contributed by atoms with Crippen LogP contribution in [0.3, 0.4) is 0 Å². The quantitative estimate of drug-likeness (QED) is 0.897. The van der Waals surface area contributed by atoms with Gasteiger partial charge in [-0.25, -0.2) is 8.42 Å². The smallest absolute Gasteiger partial charge is 0.186 e. The van der Waals surface area contributed by atoms with Gasteiger partial charge in [-0.2, -0.15) is 0 Å². The summed E-state index contributed by atoms with van der Waals surface area (Å²) in [5.74, 6) is 0. The summed E-state index contributed by atoms with van der Waals surface area (Å²) in [5.41, 5.74) is 0.796. The number of sulfone groups is 1. The van der Waals surface area contributed by atoms with Crippen LogP contribution in [-0.4, -0.2) is 22.0 Å². The molecule has 0 bridgehead atoms. The first-order valence-corrected chi connectivity index (χ1v) is 8.58. The maximum Gasteiger partial charge on any atom is 0.186 e. The molecule has 2 aromatic rings. The van der Waals surface area contributed by atoms with Crippen molar-refractivity contribution in [1.82, 2.24) is 5.32 Å². The van der Waals surface area contributed by atoms with E-state index in [1.54, 1.807) is 31.3 Å². The van der Waals surface area contributed by atoms with E-state index < -0.39 is 15.1 Å². The number of benzene rings is 2. The first kappa shape index (κ1) is 15.2. The van der Waals surface area contributed by atoms with Gasteiger partial charge in [0.1, 0.15) is 5.25 Å². The molecular weight excluding hydrogens is 338 g/mol. The van der Waals surface area contributed by atoms with Gasteiger partial charge >= 0.3 is 0 Å². The van der Waals surface area contributed by atoms with E-state index >= 15 is 0 Å². The van der Waals surface area contributed by atoms with Crippen molar-refractivity contribution < 1.29 is 8.42 Å². The van der Waals surface area contributed by atoms with Crippen molar-refractivity contribution >= 4 is 25.8 Å². The molecule has 20 heavy (non-hydrogen) atoms. The predicted molar refractivity (Wildman–Crippen MR) is 84.4 cm³/mol. The lowest BCUT2D eigenvalue weighted by Crippen LogP contribution is -2.24. The third kappa shape index (κ3) is 3.29. The lowest BCUT2D eigenvalue weighted by molar-refractivity contribution is 0.576. The molecule has 1 atom stereocenters. The summed E-state index contributed by atoms with van der Waals surface area (Å²) in [6.07, 6.45) is 0. The van der Waals surface area contributed by atoms with Crippen LogP contribution in [0.4, 0.5) is 0 Å². The van der Waals surface area contributed by atoms with Crippen LogP contribution < -0.4 is 5.32 Å². The second kappa shape index (κ2) is 6.52. The normalized spacial score (nSPS) is 13.1. The van der Waals surface area contributed by atoms with Gasteiger partial charge in [-0.3, -0.25) is 0 Å². The van der Waals surface area contributed by atoms with Crippen molar-refractivity contribution in [1.29, 1.82) is 0 Å². The maximum absolute atomic E-state index is 12.8. The fourth-order valence-electron chi connectivity index (χ4n) is 2.05. The standard InChI is InChI=1S/C15H16BrNO2S/c1-17-11-15(12-5-3-2-4-6-12)20(18,19)14-9-7-13(16)8-10-14/h2-10,15,17H,11H2,1H3. The minimum atomic E-state index is -3.42. The highest BCUT2D eigenvalue weighted by Crippen LogP contribution is 2.29. The van der Waals surface area contributed by atoms with E-state index in [0.29, 0.717) is 11.4 Å². The molecule has 0 saturated carbocycles. The summed E-state index contributed by atoms with van der Waals surface area (Å²) in [5, 5.41) is 2.38. The highest BCUT2D eigenvalue weighted by atomic mass is 79.9. The summed E-state index contributed by atoms with van der Waals surface area (Å²) >= 11 is 3.32. The molecule has 0 aliphatic rings. The number of hydrogen-bond donors (Lipinski definition) is 1. The van der Waals surface area contributed by atoms with Crippen LogP contribution in [0.1, 0.15) is 10.8 Å². The molecule has 2 aromatic carbocycles. The van der Waals surface area contributed by atoms with Gasteiger partial charge in [0.2, 0.25) is 0 Å². The molecule has 0 spiro atoms. The molecular formula is C15H16BrNO2S. The number of halogens is 1. The fraction of sp³-hybridized carbons (Fsp3) is 0.200. The van der Waals surface area contributed by atoms with Crippen LogP contribution in [0.5, 0.6) is 0 Å². The molecule has 5 heteroatoms. The monoisotopic (exact) mass is 353 g/mol. The molecule has 0 amide bonds. The highest BCUT2D eigenvalue weighted by molar-refractivity contribution is 9.10. The Kier molecular flexibility index (Phi) is 4.96. The Morgan fingerprint density at radius 2 is 1.65 bits per heavy atom. The Balaban J connectivity index is 2.45. The van der Waals surface area contributed by atoms with E-state index in [2.05, 4.69) is 21.2 Å². The maximum atomic E-state index is 12.8. The molecule has 0 aliphatic heterocycles. The summed E-state index contributed by atoms with van der Waals surface area (Å²) in [6, 6.07) is 16.0. The summed E-state index contributed by atoms with van der Waals surface area (Å²) in [6.45, 7) is 0.377. The zero-order chi connectivity index (χ0) is 14.6. The van der Waals surface area contributed by atoms with Crippen molar-refractivity contribution in [3.63, 3.8) is 0 Å². The van der Waals surface area contributed by atoms with Crippen molar-refractivity contribution in [3.05, 3.63) is 64.6 Å². The molecule has 3 nitrogen and oxygen atoms in total. The van der Waals surface area contributed by atoms with Gasteiger partial charge in [0, 0.05) is 11.0 Å². The highest BCUT2D eigenvalue weighted by Gasteiger charge is 2.28. The van der Waals surface area contributed by atoms with Crippen molar-refractivity contribution in [2.45, 2.75) is 10.1 Å². The number of nitrogens with one attached hydrogen (secondary N) is 1. The van der Waals surface area contributed by atoms with E-state index in [1.165, 1.54) is 0 Å². The van der Waals surface area contributed by atoms with E-state index in [9.17, 15) is 8.42 Å². The molecule has 106 valence electrons. The first-order valence-electron chi connectivity index (χ1n) is 6.24. The second-order valence-corrected chi connectivity index (χ2v) is 7.50. The second-order valence-electron chi connectivity index (χ2n) is 4.46. The molecule has 0 saturated heterocycles. The zero-order valence-corrected chi connectivity index (χ0v) is 13.5. The Labute approximate surface area is 128 Å². The third-order valence-corrected chi connectivity index (χ3v) is 5.72. The van der Waals surface area contributed by atoms with Crippen molar-refractivity contribution in [2.75, 3.05) is 13.6 Å². The van der Waals surface area contributed by atoms with Gasteiger partial charge in [-0.05, 0) is 36.9 Å². The number of rotatable bonds is 5. The van der Waals surface area contributed by atoms with E-state index in [0.717, 1.165) is 10.0 Å². The van der Waals surface area contributed by atoms with E-state index in [-0.39, 0.29) is 0 Å². The molecule has 2 rings (SSSR count). The molecule has 0 aliphatic carbocycles. The zero-order valence-electron chi connectivity index (χ0n) is 11.1. The van der Waals surface area contributed by atoms with Crippen molar-refractivity contribution in [3.8, 4) is 0 Å². The average Bonchev–Trinajstić information content (AvgIpc) is 2.46. The van der Waals surface area contributed by atoms with Gasteiger partial charge in [0.05, 0.1) is 4.90 Å². The first-order chi connectivity index (χ1) is 9.55. The molecule has 1 N–H and O–H groups in total. The van der Waals surface area contributed by atoms with Crippen LogP contribution in [0, 0.1) is 0 Å². The largest absolute Gasteiger partial charge is 0.318 e. The Morgan fingerprint density at radius 1 is 1.05 bits per heavy atom. The molecule has 0 heterocycles. The molecule has 1 unspecified atom stereocenters. The Bertz CT molecular complexity index is 654. The van der Waals surface area contributed by atoms with E-state index in [4.69, 9.17) is 0 Å². The third-order valence-electron chi connectivity index (χ3n) is 3.08. The van der Waals surface area contributed by atoms with Crippen LogP contribution >= 0.6 is 15.9 Å². The summed E-state index contributed by atoms with van der Waals surface area (Å²) in [7, 11) is -1.66. The molecule has 0 fully saturated rings.